The lowest BCUT2D eigenvalue weighted by Gasteiger charge is -2.07. The number of anilines is 1. The van der Waals surface area contributed by atoms with Crippen LogP contribution in [0.1, 0.15) is 31.8 Å². The van der Waals surface area contributed by atoms with Gasteiger partial charge in [-0.25, -0.2) is 4.79 Å². The second-order valence-electron chi connectivity index (χ2n) is 6.61. The van der Waals surface area contributed by atoms with E-state index in [-0.39, 0.29) is 5.91 Å². The average molecular weight is 401 g/mol. The zero-order valence-electron chi connectivity index (χ0n) is 15.8. The first-order chi connectivity index (χ1) is 14.2. The molecule has 1 N–H and O–H groups in total. The molecule has 0 unspecified atom stereocenters. The molecule has 1 aromatic heterocycles. The number of ether oxygens (including phenoxy) is 1. The highest BCUT2D eigenvalue weighted by molar-refractivity contribution is 7.23. The summed E-state index contributed by atoms with van der Waals surface area (Å²) in [6, 6.07) is 25.2. The predicted molar refractivity (Wildman–Crippen MR) is 117 cm³/mol. The molecule has 0 aliphatic rings. The van der Waals surface area contributed by atoms with E-state index in [0.717, 1.165) is 22.1 Å². The minimum Gasteiger partial charge on any atom is -0.465 e. The Bertz CT molecular complexity index is 1160. The molecule has 3 aromatic carbocycles. The van der Waals surface area contributed by atoms with Crippen molar-refractivity contribution in [3.05, 3.63) is 101 Å². The van der Waals surface area contributed by atoms with Crippen LogP contribution in [0.4, 0.5) is 5.00 Å². The Morgan fingerprint density at radius 3 is 2.24 bits per heavy atom. The molecule has 0 aliphatic heterocycles. The number of rotatable bonds is 5. The third-order valence-corrected chi connectivity index (χ3v) is 5.77. The first-order valence-corrected chi connectivity index (χ1v) is 10.0. The summed E-state index contributed by atoms with van der Waals surface area (Å²) in [7, 11) is 1.34. The monoisotopic (exact) mass is 401 g/mol. The smallest absolute Gasteiger partial charge is 0.341 e. The maximum absolute atomic E-state index is 12.8. The number of amides is 1. The number of nitrogens with one attached hydrogen (secondary N) is 1. The van der Waals surface area contributed by atoms with Crippen molar-refractivity contribution in [1.82, 2.24) is 0 Å². The van der Waals surface area contributed by atoms with Crippen LogP contribution >= 0.6 is 11.3 Å². The van der Waals surface area contributed by atoms with Gasteiger partial charge in [0.05, 0.1) is 7.11 Å². The Labute approximate surface area is 172 Å². The van der Waals surface area contributed by atoms with Crippen molar-refractivity contribution in [3.8, 4) is 0 Å². The van der Waals surface area contributed by atoms with Gasteiger partial charge in [0.2, 0.25) is 0 Å². The van der Waals surface area contributed by atoms with E-state index in [4.69, 9.17) is 4.74 Å². The number of esters is 1. The summed E-state index contributed by atoms with van der Waals surface area (Å²) in [5, 5.41) is 4.15. The van der Waals surface area contributed by atoms with Crippen LogP contribution in [-0.2, 0) is 11.2 Å². The molecule has 0 saturated carbocycles. The molecule has 0 spiro atoms. The number of carbonyl (C=O) groups excluding carboxylic acids is 2. The van der Waals surface area contributed by atoms with Crippen LogP contribution in [0.2, 0.25) is 0 Å². The molecule has 0 saturated heterocycles. The van der Waals surface area contributed by atoms with Crippen molar-refractivity contribution >= 4 is 38.3 Å². The highest BCUT2D eigenvalue weighted by Crippen LogP contribution is 2.36. The van der Waals surface area contributed by atoms with E-state index in [1.165, 1.54) is 24.0 Å². The standard InChI is InChI=1S/C24H19NO3S/c1-28-24(27)21-19-9-5-6-10-20(19)29-23(21)25-22(26)18-13-11-17(12-14-18)15-16-7-3-2-4-8-16/h2-14H,15H2,1H3,(H,25,26). The first-order valence-electron chi connectivity index (χ1n) is 9.20. The van der Waals surface area contributed by atoms with Crippen LogP contribution in [0.5, 0.6) is 0 Å². The van der Waals surface area contributed by atoms with E-state index >= 15 is 0 Å². The van der Waals surface area contributed by atoms with Gasteiger partial charge >= 0.3 is 5.97 Å². The lowest BCUT2D eigenvalue weighted by molar-refractivity contribution is 0.0604. The highest BCUT2D eigenvalue weighted by Gasteiger charge is 2.21. The largest absolute Gasteiger partial charge is 0.465 e. The van der Waals surface area contributed by atoms with Gasteiger partial charge in [0.15, 0.2) is 0 Å². The van der Waals surface area contributed by atoms with Gasteiger partial charge in [-0.15, -0.1) is 11.3 Å². The average Bonchev–Trinajstić information content (AvgIpc) is 3.12. The van der Waals surface area contributed by atoms with Gasteiger partial charge in [-0.05, 0) is 35.7 Å². The highest BCUT2D eigenvalue weighted by atomic mass is 32.1. The zero-order valence-corrected chi connectivity index (χ0v) is 16.7. The molecule has 29 heavy (non-hydrogen) atoms. The number of fused-ring (bicyclic) bond motifs is 1. The molecule has 4 nitrogen and oxygen atoms in total. The summed E-state index contributed by atoms with van der Waals surface area (Å²) in [4.78, 5) is 25.0. The Balaban J connectivity index is 1.56. The quantitative estimate of drug-likeness (QED) is 0.447. The van der Waals surface area contributed by atoms with E-state index in [0.29, 0.717) is 16.1 Å². The van der Waals surface area contributed by atoms with Gasteiger partial charge in [-0.3, -0.25) is 4.79 Å². The van der Waals surface area contributed by atoms with E-state index in [9.17, 15) is 9.59 Å². The Kier molecular flexibility index (Phi) is 5.40. The van der Waals surface area contributed by atoms with Crippen LogP contribution in [0.15, 0.2) is 78.9 Å². The van der Waals surface area contributed by atoms with E-state index < -0.39 is 5.97 Å². The molecule has 144 valence electrons. The minimum atomic E-state index is -0.462. The lowest BCUT2D eigenvalue weighted by Crippen LogP contribution is -2.14. The predicted octanol–water partition coefficient (Wildman–Crippen LogP) is 5.53. The molecule has 0 fully saturated rings. The van der Waals surface area contributed by atoms with Crippen LogP contribution in [0, 0.1) is 0 Å². The van der Waals surface area contributed by atoms with E-state index in [2.05, 4.69) is 17.4 Å². The van der Waals surface area contributed by atoms with Crippen LogP contribution in [0.25, 0.3) is 10.1 Å². The van der Waals surface area contributed by atoms with Gasteiger partial charge in [0.25, 0.3) is 5.91 Å². The molecule has 1 heterocycles. The van der Waals surface area contributed by atoms with Crippen molar-refractivity contribution in [2.24, 2.45) is 0 Å². The fraction of sp³-hybridized carbons (Fsp3) is 0.0833. The molecule has 0 aliphatic carbocycles. The summed E-state index contributed by atoms with van der Waals surface area (Å²) in [6.45, 7) is 0. The van der Waals surface area contributed by atoms with Gasteiger partial charge in [0, 0.05) is 15.6 Å². The maximum Gasteiger partial charge on any atom is 0.341 e. The van der Waals surface area contributed by atoms with E-state index in [1.54, 1.807) is 12.1 Å². The molecule has 0 atom stereocenters. The Morgan fingerprint density at radius 2 is 1.52 bits per heavy atom. The van der Waals surface area contributed by atoms with E-state index in [1.807, 2.05) is 54.6 Å². The van der Waals surface area contributed by atoms with Crippen molar-refractivity contribution in [1.29, 1.82) is 0 Å². The summed E-state index contributed by atoms with van der Waals surface area (Å²) in [6.07, 6.45) is 0.811. The Morgan fingerprint density at radius 1 is 0.862 bits per heavy atom. The van der Waals surface area contributed by atoms with Gasteiger partial charge in [0.1, 0.15) is 10.6 Å². The van der Waals surface area contributed by atoms with Gasteiger partial charge < -0.3 is 10.1 Å². The van der Waals surface area contributed by atoms with Crippen molar-refractivity contribution in [2.45, 2.75) is 6.42 Å². The summed E-state index contributed by atoms with van der Waals surface area (Å²) in [5.74, 6) is -0.719. The first kappa shape index (κ1) is 18.9. The van der Waals surface area contributed by atoms with Crippen LogP contribution in [-0.4, -0.2) is 19.0 Å². The second-order valence-corrected chi connectivity index (χ2v) is 7.66. The fourth-order valence-electron chi connectivity index (χ4n) is 3.22. The third-order valence-electron chi connectivity index (χ3n) is 4.68. The normalized spacial score (nSPS) is 10.7. The summed E-state index contributed by atoms with van der Waals surface area (Å²) >= 11 is 1.36. The Hall–Kier alpha value is -3.44. The lowest BCUT2D eigenvalue weighted by atomic mass is 10.0. The molecule has 5 heteroatoms. The molecule has 1 amide bonds. The van der Waals surface area contributed by atoms with Crippen molar-refractivity contribution in [3.63, 3.8) is 0 Å². The molecular weight excluding hydrogens is 382 g/mol. The maximum atomic E-state index is 12.8. The molecular formula is C24H19NO3S. The summed E-state index contributed by atoms with van der Waals surface area (Å²) in [5.41, 5.74) is 3.28. The minimum absolute atomic E-state index is 0.257. The number of hydrogen-bond acceptors (Lipinski definition) is 4. The number of benzene rings is 3. The fourth-order valence-corrected chi connectivity index (χ4v) is 4.30. The third kappa shape index (κ3) is 4.05. The number of methoxy groups -OCH3 is 1. The van der Waals surface area contributed by atoms with Gasteiger partial charge in [-0.1, -0.05) is 60.7 Å². The van der Waals surface area contributed by atoms with Crippen molar-refractivity contribution in [2.75, 3.05) is 12.4 Å². The molecule has 0 radical (unpaired) electrons. The van der Waals surface area contributed by atoms with Crippen molar-refractivity contribution < 1.29 is 14.3 Å². The molecule has 4 aromatic rings. The summed E-state index contributed by atoms with van der Waals surface area (Å²) < 4.78 is 5.84. The number of thiophene rings is 1. The topological polar surface area (TPSA) is 55.4 Å². The molecule has 4 rings (SSSR count). The van der Waals surface area contributed by atoms with Gasteiger partial charge in [-0.2, -0.15) is 0 Å². The SMILES string of the molecule is COC(=O)c1c(NC(=O)c2ccc(Cc3ccccc3)cc2)sc2ccccc12. The number of carbonyl (C=O) groups is 2. The van der Waals surface area contributed by atoms with Crippen LogP contribution < -0.4 is 5.32 Å². The molecule has 0 bridgehead atoms. The second kappa shape index (κ2) is 8.29. The number of hydrogen-bond donors (Lipinski definition) is 1. The van der Waals surface area contributed by atoms with Crippen LogP contribution in [0.3, 0.4) is 0 Å². The zero-order chi connectivity index (χ0) is 20.2.